The van der Waals surface area contributed by atoms with Gasteiger partial charge in [-0.25, -0.2) is 12.8 Å². The van der Waals surface area contributed by atoms with Crippen molar-refractivity contribution in [2.24, 2.45) is 0 Å². The van der Waals surface area contributed by atoms with Gasteiger partial charge in [0, 0.05) is 0 Å². The maximum atomic E-state index is 13.1. The summed E-state index contributed by atoms with van der Waals surface area (Å²) < 4.78 is 44.8. The Hall–Kier alpha value is -2.61. The second-order valence-electron chi connectivity index (χ2n) is 4.76. The van der Waals surface area contributed by atoms with Gasteiger partial charge < -0.3 is 9.84 Å². The molecule has 1 N–H and O–H groups in total. The van der Waals surface area contributed by atoms with E-state index in [1.807, 2.05) is 0 Å². The summed E-state index contributed by atoms with van der Waals surface area (Å²) in [5.74, 6) is -1.67. The molecule has 0 heterocycles. The molecule has 24 heavy (non-hydrogen) atoms. The van der Waals surface area contributed by atoms with E-state index in [1.165, 1.54) is 6.07 Å². The number of aliphatic carboxylic acids is 1. The van der Waals surface area contributed by atoms with Gasteiger partial charge in [-0.05, 0) is 43.3 Å². The van der Waals surface area contributed by atoms with Gasteiger partial charge in [0.25, 0.3) is 10.0 Å². The zero-order valence-electron chi connectivity index (χ0n) is 12.8. The van der Waals surface area contributed by atoms with E-state index in [-0.39, 0.29) is 22.9 Å². The first-order valence-electron chi connectivity index (χ1n) is 7.08. The monoisotopic (exact) mass is 353 g/mol. The largest absolute Gasteiger partial charge is 0.492 e. The minimum Gasteiger partial charge on any atom is -0.492 e. The summed E-state index contributed by atoms with van der Waals surface area (Å²) >= 11 is 0. The Morgan fingerprint density at radius 1 is 1.17 bits per heavy atom. The molecule has 0 saturated heterocycles. The topological polar surface area (TPSA) is 83.9 Å². The van der Waals surface area contributed by atoms with E-state index < -0.39 is 28.4 Å². The summed E-state index contributed by atoms with van der Waals surface area (Å²) in [5, 5.41) is 9.11. The Labute approximate surface area is 139 Å². The van der Waals surface area contributed by atoms with Crippen LogP contribution in [0.1, 0.15) is 6.92 Å². The third-order valence-corrected chi connectivity index (χ3v) is 4.89. The van der Waals surface area contributed by atoms with Gasteiger partial charge in [0.2, 0.25) is 0 Å². The molecule has 6 nitrogen and oxygen atoms in total. The van der Waals surface area contributed by atoms with Gasteiger partial charge >= 0.3 is 5.97 Å². The number of carboxylic acids is 1. The van der Waals surface area contributed by atoms with E-state index in [0.29, 0.717) is 0 Å². The van der Waals surface area contributed by atoms with Gasteiger partial charge in [-0.15, -0.1) is 0 Å². The van der Waals surface area contributed by atoms with Crippen LogP contribution in [-0.4, -0.2) is 32.6 Å². The fourth-order valence-corrected chi connectivity index (χ4v) is 3.52. The van der Waals surface area contributed by atoms with Crippen molar-refractivity contribution in [3.63, 3.8) is 0 Å². The lowest BCUT2D eigenvalue weighted by molar-refractivity contribution is -0.135. The van der Waals surface area contributed by atoms with Gasteiger partial charge in [0.1, 0.15) is 18.1 Å². The van der Waals surface area contributed by atoms with Gasteiger partial charge in [-0.1, -0.05) is 12.1 Å². The average Bonchev–Trinajstić information content (AvgIpc) is 2.54. The number of hydrogen-bond acceptors (Lipinski definition) is 4. The number of ether oxygens (including phenoxy) is 1. The SMILES string of the molecule is CCOc1ccccc1N(CC(=O)O)S(=O)(=O)c1ccc(F)cc1. The van der Waals surface area contributed by atoms with Crippen LogP contribution >= 0.6 is 0 Å². The van der Waals surface area contributed by atoms with Crippen molar-refractivity contribution in [3.8, 4) is 5.75 Å². The number of carbonyl (C=O) groups is 1. The Morgan fingerprint density at radius 2 is 1.79 bits per heavy atom. The first-order valence-corrected chi connectivity index (χ1v) is 8.52. The Bertz CT molecular complexity index is 821. The molecule has 0 bridgehead atoms. The fraction of sp³-hybridized carbons (Fsp3) is 0.188. The summed E-state index contributed by atoms with van der Waals surface area (Å²) in [7, 11) is -4.20. The summed E-state index contributed by atoms with van der Waals surface area (Å²) in [6.07, 6.45) is 0. The van der Waals surface area contributed by atoms with Crippen molar-refractivity contribution in [1.29, 1.82) is 0 Å². The molecule has 2 aromatic rings. The molecule has 0 unspecified atom stereocenters. The van der Waals surface area contributed by atoms with E-state index in [0.717, 1.165) is 28.6 Å². The maximum Gasteiger partial charge on any atom is 0.324 e. The Balaban J connectivity index is 2.57. The summed E-state index contributed by atoms with van der Waals surface area (Å²) in [5.41, 5.74) is 0.103. The summed E-state index contributed by atoms with van der Waals surface area (Å²) in [6, 6.07) is 10.4. The van der Waals surface area contributed by atoms with Crippen LogP contribution in [0.3, 0.4) is 0 Å². The molecule has 0 aliphatic carbocycles. The highest BCUT2D eigenvalue weighted by Crippen LogP contribution is 2.32. The van der Waals surface area contributed by atoms with Crippen LogP contribution in [0.15, 0.2) is 53.4 Å². The number of sulfonamides is 1. The molecule has 0 amide bonds. The van der Waals surface area contributed by atoms with Gasteiger partial charge in [0.05, 0.1) is 17.2 Å². The molecule has 0 atom stereocenters. The second-order valence-corrected chi connectivity index (χ2v) is 6.62. The molecule has 8 heteroatoms. The normalized spacial score (nSPS) is 11.1. The molecule has 0 fully saturated rings. The number of hydrogen-bond donors (Lipinski definition) is 1. The van der Waals surface area contributed by atoms with Crippen molar-refractivity contribution in [3.05, 3.63) is 54.3 Å². The van der Waals surface area contributed by atoms with Crippen LogP contribution in [0.2, 0.25) is 0 Å². The van der Waals surface area contributed by atoms with Gasteiger partial charge in [-0.3, -0.25) is 9.10 Å². The maximum absolute atomic E-state index is 13.1. The molecule has 0 spiro atoms. The predicted molar refractivity (Wildman–Crippen MR) is 86.2 cm³/mol. The molecular formula is C16H16FNO5S. The highest BCUT2D eigenvalue weighted by molar-refractivity contribution is 7.92. The molecule has 0 aliphatic heterocycles. The molecule has 2 rings (SSSR count). The minimum atomic E-state index is -4.20. The van der Waals surface area contributed by atoms with E-state index in [1.54, 1.807) is 25.1 Å². The summed E-state index contributed by atoms with van der Waals surface area (Å²) in [4.78, 5) is 11.0. The number of anilines is 1. The first-order chi connectivity index (χ1) is 11.4. The van der Waals surface area contributed by atoms with E-state index >= 15 is 0 Å². The molecular weight excluding hydrogens is 337 g/mol. The molecule has 0 saturated carbocycles. The van der Waals surface area contributed by atoms with E-state index in [4.69, 9.17) is 9.84 Å². The van der Waals surface area contributed by atoms with Crippen LogP contribution in [0, 0.1) is 5.82 Å². The third kappa shape index (κ3) is 3.83. The number of nitrogens with zero attached hydrogens (tertiary/aromatic N) is 1. The average molecular weight is 353 g/mol. The molecule has 2 aromatic carbocycles. The number of benzene rings is 2. The Morgan fingerprint density at radius 3 is 2.38 bits per heavy atom. The molecule has 128 valence electrons. The Kier molecular flexibility index (Phi) is 5.40. The first kappa shape index (κ1) is 17.7. The number of halogens is 1. The number of carboxylic acid groups (broad SMARTS) is 1. The van der Waals surface area contributed by atoms with Crippen LogP contribution in [0.4, 0.5) is 10.1 Å². The van der Waals surface area contributed by atoms with Gasteiger partial charge in [-0.2, -0.15) is 0 Å². The van der Waals surface area contributed by atoms with Crippen LogP contribution in [0.5, 0.6) is 5.75 Å². The van der Waals surface area contributed by atoms with Crippen LogP contribution in [0.25, 0.3) is 0 Å². The number of rotatable bonds is 7. The van der Waals surface area contributed by atoms with E-state index in [2.05, 4.69) is 0 Å². The zero-order valence-corrected chi connectivity index (χ0v) is 13.7. The lowest BCUT2D eigenvalue weighted by atomic mass is 10.3. The van der Waals surface area contributed by atoms with Crippen LogP contribution in [-0.2, 0) is 14.8 Å². The van der Waals surface area contributed by atoms with Crippen molar-refractivity contribution in [2.75, 3.05) is 17.5 Å². The fourth-order valence-electron chi connectivity index (χ4n) is 2.10. The quantitative estimate of drug-likeness (QED) is 0.827. The lowest BCUT2D eigenvalue weighted by Gasteiger charge is -2.24. The lowest BCUT2D eigenvalue weighted by Crippen LogP contribution is -2.36. The minimum absolute atomic E-state index is 0.103. The van der Waals surface area contributed by atoms with E-state index in [9.17, 15) is 17.6 Å². The van der Waals surface area contributed by atoms with Crippen molar-refractivity contribution in [1.82, 2.24) is 0 Å². The third-order valence-electron chi connectivity index (χ3n) is 3.11. The molecule has 0 aromatic heterocycles. The van der Waals surface area contributed by atoms with Crippen molar-refractivity contribution in [2.45, 2.75) is 11.8 Å². The highest BCUT2D eigenvalue weighted by atomic mass is 32.2. The van der Waals surface area contributed by atoms with Gasteiger partial charge in [0.15, 0.2) is 0 Å². The van der Waals surface area contributed by atoms with Crippen molar-refractivity contribution < 1.29 is 27.4 Å². The molecule has 0 radical (unpaired) electrons. The predicted octanol–water partition coefficient (Wildman–Crippen LogP) is 2.50. The van der Waals surface area contributed by atoms with Crippen molar-refractivity contribution >= 4 is 21.7 Å². The smallest absolute Gasteiger partial charge is 0.324 e. The zero-order chi connectivity index (χ0) is 17.7. The van der Waals surface area contributed by atoms with Crippen LogP contribution < -0.4 is 9.04 Å². The standard InChI is InChI=1S/C16H16FNO5S/c1-2-23-15-6-4-3-5-14(15)18(11-16(19)20)24(21,22)13-9-7-12(17)8-10-13/h3-10H,2,11H2,1H3,(H,19,20). The number of para-hydroxylation sites is 2. The highest BCUT2D eigenvalue weighted by Gasteiger charge is 2.29. The second kappa shape index (κ2) is 7.31. The summed E-state index contributed by atoms with van der Waals surface area (Å²) in [6.45, 7) is 1.23. The molecule has 0 aliphatic rings.